The van der Waals surface area contributed by atoms with Crippen LogP contribution in [0.1, 0.15) is 30.5 Å². The van der Waals surface area contributed by atoms with Crippen LogP contribution >= 0.6 is 23.2 Å². The van der Waals surface area contributed by atoms with E-state index in [1.54, 1.807) is 30.3 Å². The highest BCUT2D eigenvalue weighted by molar-refractivity contribution is 6.35. The van der Waals surface area contributed by atoms with E-state index >= 15 is 0 Å². The van der Waals surface area contributed by atoms with E-state index in [2.05, 4.69) is 10.6 Å². The van der Waals surface area contributed by atoms with Gasteiger partial charge in [-0.3, -0.25) is 0 Å². The topological polar surface area (TPSA) is 76.7 Å². The van der Waals surface area contributed by atoms with Crippen molar-refractivity contribution in [1.29, 1.82) is 0 Å². The van der Waals surface area contributed by atoms with Crippen molar-refractivity contribution in [3.8, 4) is 5.75 Å². The van der Waals surface area contributed by atoms with Crippen LogP contribution in [0.25, 0.3) is 0 Å². The zero-order valence-corrected chi connectivity index (χ0v) is 17.4. The Kier molecular flexibility index (Phi) is 6.67. The zero-order valence-electron chi connectivity index (χ0n) is 15.9. The summed E-state index contributed by atoms with van der Waals surface area (Å²) in [7, 11) is 1.31. The smallest absolute Gasteiger partial charge is 0.337 e. The first-order valence-electron chi connectivity index (χ1n) is 8.99. The van der Waals surface area contributed by atoms with E-state index in [4.69, 9.17) is 32.7 Å². The highest BCUT2D eigenvalue weighted by Crippen LogP contribution is 2.35. The number of carbonyl (C=O) groups is 2. The fraction of sp³-hybridized carbons (Fsp3) is 0.238. The summed E-state index contributed by atoms with van der Waals surface area (Å²) in [5.74, 6) is -0.00234. The van der Waals surface area contributed by atoms with Crippen LogP contribution in [0.15, 0.2) is 53.7 Å². The molecular weight excluding hydrogens is 415 g/mol. The third-order valence-electron chi connectivity index (χ3n) is 4.54. The van der Waals surface area contributed by atoms with Crippen LogP contribution in [0.3, 0.4) is 0 Å². The van der Waals surface area contributed by atoms with Gasteiger partial charge in [0, 0.05) is 26.9 Å². The van der Waals surface area contributed by atoms with Crippen LogP contribution < -0.4 is 15.4 Å². The van der Waals surface area contributed by atoms with E-state index in [9.17, 15) is 9.59 Å². The van der Waals surface area contributed by atoms with Crippen molar-refractivity contribution in [2.75, 3.05) is 7.11 Å². The second kappa shape index (κ2) is 9.20. The summed E-state index contributed by atoms with van der Waals surface area (Å²) in [5, 5.41) is 6.50. The predicted molar refractivity (Wildman–Crippen MR) is 111 cm³/mol. The van der Waals surface area contributed by atoms with Crippen molar-refractivity contribution in [3.05, 3.63) is 74.9 Å². The number of nitrogens with one attached hydrogen (secondary N) is 2. The molecule has 0 spiro atoms. The molecule has 0 fully saturated rings. The van der Waals surface area contributed by atoms with Gasteiger partial charge in [0.1, 0.15) is 12.4 Å². The monoisotopic (exact) mass is 434 g/mol. The van der Waals surface area contributed by atoms with Gasteiger partial charge in [0.25, 0.3) is 0 Å². The highest BCUT2D eigenvalue weighted by atomic mass is 35.5. The molecule has 0 aromatic heterocycles. The second-order valence-corrected chi connectivity index (χ2v) is 7.17. The van der Waals surface area contributed by atoms with Crippen molar-refractivity contribution in [3.63, 3.8) is 0 Å². The lowest BCUT2D eigenvalue weighted by Crippen LogP contribution is -2.45. The Morgan fingerprint density at radius 2 is 1.93 bits per heavy atom. The van der Waals surface area contributed by atoms with Gasteiger partial charge >= 0.3 is 12.0 Å². The van der Waals surface area contributed by atoms with Crippen molar-refractivity contribution >= 4 is 35.2 Å². The Balaban J connectivity index is 1.96. The molecule has 0 saturated carbocycles. The predicted octanol–water partition coefficient (Wildman–Crippen LogP) is 4.76. The number of amides is 2. The van der Waals surface area contributed by atoms with Gasteiger partial charge in [-0.25, -0.2) is 9.59 Å². The Morgan fingerprint density at radius 3 is 2.62 bits per heavy atom. The first-order valence-corrected chi connectivity index (χ1v) is 9.74. The number of para-hydroxylation sites is 1. The largest absolute Gasteiger partial charge is 0.488 e. The molecule has 0 saturated heterocycles. The molecule has 152 valence electrons. The highest BCUT2D eigenvalue weighted by Gasteiger charge is 2.34. The number of carbonyl (C=O) groups excluding carboxylic acids is 2. The van der Waals surface area contributed by atoms with E-state index in [-0.39, 0.29) is 6.61 Å². The molecule has 2 amide bonds. The van der Waals surface area contributed by atoms with Gasteiger partial charge in [-0.15, -0.1) is 0 Å². The van der Waals surface area contributed by atoms with Gasteiger partial charge in [0.2, 0.25) is 0 Å². The minimum Gasteiger partial charge on any atom is -0.488 e. The number of esters is 1. The number of benzene rings is 2. The molecule has 2 aromatic rings. The van der Waals surface area contributed by atoms with Crippen molar-refractivity contribution in [2.45, 2.75) is 26.0 Å². The summed E-state index contributed by atoms with van der Waals surface area (Å²) in [6, 6.07) is 11.3. The van der Waals surface area contributed by atoms with Gasteiger partial charge in [0.15, 0.2) is 0 Å². The molecule has 3 rings (SSSR count). The number of hydrogen-bond acceptors (Lipinski definition) is 4. The Morgan fingerprint density at radius 1 is 1.17 bits per heavy atom. The summed E-state index contributed by atoms with van der Waals surface area (Å²) in [6.45, 7) is 2.05. The molecule has 1 aliphatic heterocycles. The lowest BCUT2D eigenvalue weighted by molar-refractivity contribution is -0.136. The van der Waals surface area contributed by atoms with Gasteiger partial charge in [0.05, 0.1) is 18.7 Å². The van der Waals surface area contributed by atoms with Gasteiger partial charge in [-0.05, 0) is 24.6 Å². The third-order valence-corrected chi connectivity index (χ3v) is 5.13. The molecule has 1 heterocycles. The molecule has 0 aliphatic carbocycles. The first kappa shape index (κ1) is 21.0. The van der Waals surface area contributed by atoms with Crippen molar-refractivity contribution in [2.24, 2.45) is 0 Å². The van der Waals surface area contributed by atoms with Crippen LogP contribution in [-0.2, 0) is 16.1 Å². The number of halogens is 2. The fourth-order valence-corrected chi connectivity index (χ4v) is 3.59. The molecule has 29 heavy (non-hydrogen) atoms. The van der Waals surface area contributed by atoms with Crippen molar-refractivity contribution < 1.29 is 19.1 Å². The minimum absolute atomic E-state index is 0.198. The molecule has 0 radical (unpaired) electrons. The van der Waals surface area contributed by atoms with Gasteiger partial charge in [-0.1, -0.05) is 54.4 Å². The lowest BCUT2D eigenvalue weighted by Gasteiger charge is -2.29. The van der Waals surface area contributed by atoms with Gasteiger partial charge in [-0.2, -0.15) is 0 Å². The molecule has 0 bridgehead atoms. The molecular formula is C21H20Cl2N2O4. The quantitative estimate of drug-likeness (QED) is 0.642. The summed E-state index contributed by atoms with van der Waals surface area (Å²) >= 11 is 12.2. The first-order chi connectivity index (χ1) is 13.9. The summed E-state index contributed by atoms with van der Waals surface area (Å²) < 4.78 is 10.9. The van der Waals surface area contributed by atoms with E-state index in [1.165, 1.54) is 7.11 Å². The third kappa shape index (κ3) is 4.66. The number of rotatable bonds is 6. The standard InChI is InChI=1S/C21H20Cl2N2O4/c1-3-16-18(20(26)28-2)19(25-21(27)24-16)14-6-4-5-7-17(14)29-11-12-8-9-13(22)10-15(12)23/h4-10,19H,3,11H2,1-2H3,(H2,24,25,27). The summed E-state index contributed by atoms with van der Waals surface area (Å²) in [5.41, 5.74) is 2.26. The number of ether oxygens (including phenoxy) is 2. The molecule has 6 nitrogen and oxygen atoms in total. The lowest BCUT2D eigenvalue weighted by atomic mass is 9.93. The maximum Gasteiger partial charge on any atom is 0.337 e. The number of urea groups is 1. The molecule has 8 heteroatoms. The average Bonchev–Trinajstić information content (AvgIpc) is 2.72. The van der Waals surface area contributed by atoms with E-state index < -0.39 is 18.0 Å². The number of methoxy groups -OCH3 is 1. The van der Waals surface area contributed by atoms with Crippen LogP contribution in [0.5, 0.6) is 5.75 Å². The van der Waals surface area contributed by atoms with E-state index in [0.717, 1.165) is 5.56 Å². The molecule has 1 aliphatic rings. The fourth-order valence-electron chi connectivity index (χ4n) is 3.13. The molecule has 2 N–H and O–H groups in total. The van der Waals surface area contributed by atoms with Crippen LogP contribution in [-0.4, -0.2) is 19.1 Å². The summed E-state index contributed by atoms with van der Waals surface area (Å²) in [4.78, 5) is 24.6. The average molecular weight is 435 g/mol. The minimum atomic E-state index is -0.706. The van der Waals surface area contributed by atoms with Crippen LogP contribution in [0.2, 0.25) is 10.0 Å². The maximum atomic E-state index is 12.5. The normalized spacial score (nSPS) is 16.1. The number of allylic oxidation sites excluding steroid dienone is 1. The van der Waals surface area contributed by atoms with E-state index in [1.807, 2.05) is 19.1 Å². The summed E-state index contributed by atoms with van der Waals surface area (Å²) in [6.07, 6.45) is 0.470. The van der Waals surface area contributed by atoms with Crippen LogP contribution in [0, 0.1) is 0 Å². The molecule has 1 atom stereocenters. The van der Waals surface area contributed by atoms with Crippen molar-refractivity contribution in [1.82, 2.24) is 10.6 Å². The van der Waals surface area contributed by atoms with E-state index in [0.29, 0.717) is 39.0 Å². The van der Waals surface area contributed by atoms with Crippen LogP contribution in [0.4, 0.5) is 4.79 Å². The SMILES string of the molecule is CCC1=C(C(=O)OC)C(c2ccccc2OCc2ccc(Cl)cc2Cl)NC(=O)N1. The Bertz CT molecular complexity index is 975. The zero-order chi connectivity index (χ0) is 21.0. The Hall–Kier alpha value is -2.70. The Labute approximate surface area is 178 Å². The second-order valence-electron chi connectivity index (χ2n) is 6.33. The molecule has 2 aromatic carbocycles. The maximum absolute atomic E-state index is 12.5. The number of hydrogen-bond donors (Lipinski definition) is 2. The molecule has 1 unspecified atom stereocenters. The van der Waals surface area contributed by atoms with Gasteiger partial charge < -0.3 is 20.1 Å².